The lowest BCUT2D eigenvalue weighted by atomic mass is 10.1. The Bertz CT molecular complexity index is 699. The minimum Gasteiger partial charge on any atom is -0.355 e. The lowest BCUT2D eigenvalue weighted by Gasteiger charge is -2.42. The summed E-state index contributed by atoms with van der Waals surface area (Å²) in [6, 6.07) is 16.8. The summed E-state index contributed by atoms with van der Waals surface area (Å²) in [6.07, 6.45) is 0. The van der Waals surface area contributed by atoms with E-state index in [2.05, 4.69) is 56.4 Å². The van der Waals surface area contributed by atoms with Crippen LogP contribution in [0.1, 0.15) is 0 Å². The molecule has 4 rings (SSSR count). The molecular formula is C19H23ClN4. The monoisotopic (exact) mass is 342 g/mol. The molecule has 2 aromatic rings. The smallest absolute Gasteiger partial charge is 0.0709 e. The van der Waals surface area contributed by atoms with E-state index in [1.165, 1.54) is 11.4 Å². The molecule has 0 unspecified atom stereocenters. The molecule has 0 spiro atoms. The van der Waals surface area contributed by atoms with Gasteiger partial charge in [0.25, 0.3) is 0 Å². The van der Waals surface area contributed by atoms with Gasteiger partial charge in [0.1, 0.15) is 0 Å². The fraction of sp³-hybridized carbons (Fsp3) is 0.368. The molecule has 0 atom stereocenters. The van der Waals surface area contributed by atoms with Crippen LogP contribution in [0.4, 0.5) is 17.1 Å². The second kappa shape index (κ2) is 7.01. The number of benzene rings is 2. The van der Waals surface area contributed by atoms with Gasteiger partial charge in [0.15, 0.2) is 0 Å². The quantitative estimate of drug-likeness (QED) is 0.924. The van der Waals surface area contributed by atoms with E-state index in [4.69, 9.17) is 11.6 Å². The first kappa shape index (κ1) is 15.8. The number of para-hydroxylation sites is 3. The summed E-state index contributed by atoms with van der Waals surface area (Å²) >= 11 is 6.45. The molecule has 126 valence electrons. The van der Waals surface area contributed by atoms with Gasteiger partial charge in [-0.25, -0.2) is 0 Å². The minimum atomic E-state index is 0.808. The SMILES string of the molecule is Clc1ccccc1N1CCN(CN2CCNCC2)c2ccccc21. The van der Waals surface area contributed by atoms with E-state index in [0.717, 1.165) is 56.6 Å². The van der Waals surface area contributed by atoms with Gasteiger partial charge in [0.2, 0.25) is 0 Å². The first-order valence-corrected chi connectivity index (χ1v) is 9.00. The predicted molar refractivity (Wildman–Crippen MR) is 102 cm³/mol. The van der Waals surface area contributed by atoms with E-state index >= 15 is 0 Å². The molecule has 4 nitrogen and oxygen atoms in total. The number of fused-ring (bicyclic) bond motifs is 1. The van der Waals surface area contributed by atoms with Gasteiger partial charge in [0, 0.05) is 39.3 Å². The van der Waals surface area contributed by atoms with Crippen LogP contribution in [0.2, 0.25) is 5.02 Å². The van der Waals surface area contributed by atoms with Gasteiger partial charge in [0.05, 0.1) is 28.8 Å². The van der Waals surface area contributed by atoms with Crippen molar-refractivity contribution in [3.8, 4) is 0 Å². The minimum absolute atomic E-state index is 0.808. The summed E-state index contributed by atoms with van der Waals surface area (Å²) in [7, 11) is 0. The predicted octanol–water partition coefficient (Wildman–Crippen LogP) is 3.16. The summed E-state index contributed by atoms with van der Waals surface area (Å²) in [6.45, 7) is 7.36. The number of nitrogens with one attached hydrogen (secondary N) is 1. The molecule has 0 bridgehead atoms. The highest BCUT2D eigenvalue weighted by Crippen LogP contribution is 2.39. The number of hydrogen-bond acceptors (Lipinski definition) is 4. The van der Waals surface area contributed by atoms with Gasteiger partial charge in [-0.3, -0.25) is 4.90 Å². The fourth-order valence-electron chi connectivity index (χ4n) is 3.58. The van der Waals surface area contributed by atoms with E-state index in [9.17, 15) is 0 Å². The largest absolute Gasteiger partial charge is 0.355 e. The zero-order chi connectivity index (χ0) is 16.4. The highest BCUT2D eigenvalue weighted by molar-refractivity contribution is 6.33. The Kier molecular flexibility index (Phi) is 4.60. The molecule has 2 aromatic carbocycles. The molecule has 24 heavy (non-hydrogen) atoms. The molecule has 0 aromatic heterocycles. The summed E-state index contributed by atoms with van der Waals surface area (Å²) in [5.41, 5.74) is 3.63. The lowest BCUT2D eigenvalue weighted by Crippen LogP contribution is -2.50. The molecule has 0 aliphatic carbocycles. The normalized spacial score (nSPS) is 18.5. The average molecular weight is 343 g/mol. The number of nitrogens with zero attached hydrogens (tertiary/aromatic N) is 3. The topological polar surface area (TPSA) is 21.8 Å². The summed E-state index contributed by atoms with van der Waals surface area (Å²) in [4.78, 5) is 7.36. The highest BCUT2D eigenvalue weighted by atomic mass is 35.5. The molecule has 0 amide bonds. The van der Waals surface area contributed by atoms with Crippen molar-refractivity contribution in [1.82, 2.24) is 10.2 Å². The van der Waals surface area contributed by atoms with Gasteiger partial charge >= 0.3 is 0 Å². The van der Waals surface area contributed by atoms with Crippen LogP contribution in [0.3, 0.4) is 0 Å². The van der Waals surface area contributed by atoms with Crippen LogP contribution >= 0.6 is 11.6 Å². The Labute approximate surface area is 148 Å². The van der Waals surface area contributed by atoms with Gasteiger partial charge in [-0.2, -0.15) is 0 Å². The molecule has 0 radical (unpaired) electrons. The van der Waals surface area contributed by atoms with Crippen LogP contribution in [0.15, 0.2) is 48.5 Å². The molecule has 2 heterocycles. The zero-order valence-electron chi connectivity index (χ0n) is 13.8. The van der Waals surface area contributed by atoms with Gasteiger partial charge in [-0.15, -0.1) is 0 Å². The third kappa shape index (κ3) is 3.09. The van der Waals surface area contributed by atoms with Crippen molar-refractivity contribution >= 4 is 28.7 Å². The molecule has 1 fully saturated rings. The van der Waals surface area contributed by atoms with Crippen LogP contribution < -0.4 is 15.1 Å². The zero-order valence-corrected chi connectivity index (χ0v) is 14.5. The van der Waals surface area contributed by atoms with Crippen molar-refractivity contribution in [2.24, 2.45) is 0 Å². The Morgan fingerprint density at radius 3 is 2.21 bits per heavy atom. The van der Waals surface area contributed by atoms with Crippen LogP contribution in [0.25, 0.3) is 0 Å². The first-order valence-electron chi connectivity index (χ1n) is 8.62. The fourth-order valence-corrected chi connectivity index (χ4v) is 3.82. The molecule has 5 heteroatoms. The third-order valence-electron chi connectivity index (χ3n) is 4.83. The lowest BCUT2D eigenvalue weighted by molar-refractivity contribution is 0.240. The summed E-state index contributed by atoms with van der Waals surface area (Å²) in [5.74, 6) is 0. The number of anilines is 3. The van der Waals surface area contributed by atoms with Crippen LogP contribution in [-0.2, 0) is 0 Å². The number of halogens is 1. The summed E-state index contributed by atoms with van der Waals surface area (Å²) < 4.78 is 0. The molecule has 1 N–H and O–H groups in total. The standard InChI is InChI=1S/C19H23ClN4/c20-16-5-1-2-6-17(16)24-14-13-23(15-22-11-9-21-10-12-22)18-7-3-4-8-19(18)24/h1-8,21H,9-15H2. The van der Waals surface area contributed by atoms with E-state index < -0.39 is 0 Å². The van der Waals surface area contributed by atoms with Gasteiger partial charge in [-0.05, 0) is 24.3 Å². The third-order valence-corrected chi connectivity index (χ3v) is 5.15. The first-order chi connectivity index (χ1) is 11.8. The number of hydrogen-bond donors (Lipinski definition) is 1. The Morgan fingerprint density at radius 2 is 1.46 bits per heavy atom. The van der Waals surface area contributed by atoms with Crippen molar-refractivity contribution in [1.29, 1.82) is 0 Å². The van der Waals surface area contributed by atoms with E-state index in [0.29, 0.717) is 0 Å². The van der Waals surface area contributed by atoms with Crippen LogP contribution in [0.5, 0.6) is 0 Å². The van der Waals surface area contributed by atoms with Crippen LogP contribution in [-0.4, -0.2) is 50.8 Å². The average Bonchev–Trinajstić information content (AvgIpc) is 2.64. The maximum Gasteiger partial charge on any atom is 0.0709 e. The molecule has 2 aliphatic rings. The van der Waals surface area contributed by atoms with Crippen molar-refractivity contribution in [2.75, 3.05) is 55.7 Å². The van der Waals surface area contributed by atoms with E-state index in [-0.39, 0.29) is 0 Å². The Balaban J connectivity index is 1.62. The molecule has 0 saturated carbocycles. The number of rotatable bonds is 3. The Hall–Kier alpha value is -1.75. The van der Waals surface area contributed by atoms with Crippen molar-refractivity contribution in [3.05, 3.63) is 53.6 Å². The van der Waals surface area contributed by atoms with E-state index in [1.54, 1.807) is 0 Å². The van der Waals surface area contributed by atoms with Crippen LogP contribution in [0, 0.1) is 0 Å². The van der Waals surface area contributed by atoms with Crippen molar-refractivity contribution in [2.45, 2.75) is 0 Å². The van der Waals surface area contributed by atoms with E-state index in [1.807, 2.05) is 12.1 Å². The van der Waals surface area contributed by atoms with Gasteiger partial charge in [-0.1, -0.05) is 35.9 Å². The van der Waals surface area contributed by atoms with Crippen molar-refractivity contribution < 1.29 is 0 Å². The van der Waals surface area contributed by atoms with Crippen molar-refractivity contribution in [3.63, 3.8) is 0 Å². The summed E-state index contributed by atoms with van der Waals surface area (Å²) in [5, 5.41) is 4.23. The maximum atomic E-state index is 6.45. The number of piperazine rings is 1. The second-order valence-corrected chi connectivity index (χ2v) is 6.77. The Morgan fingerprint density at radius 1 is 0.792 bits per heavy atom. The second-order valence-electron chi connectivity index (χ2n) is 6.36. The molecule has 1 saturated heterocycles. The molecular weight excluding hydrogens is 320 g/mol. The molecule has 2 aliphatic heterocycles. The maximum absolute atomic E-state index is 6.45. The van der Waals surface area contributed by atoms with Gasteiger partial charge < -0.3 is 15.1 Å². The highest BCUT2D eigenvalue weighted by Gasteiger charge is 2.25.